The minimum Gasteiger partial charge on any atom is -0.358 e. The smallest absolute Gasteiger partial charge is 0.358 e. The Morgan fingerprint density at radius 3 is 2.90 bits per heavy atom. The highest BCUT2D eigenvalue weighted by molar-refractivity contribution is 6.32. The van der Waals surface area contributed by atoms with Crippen molar-refractivity contribution in [3.05, 3.63) is 51.2 Å². The van der Waals surface area contributed by atoms with Crippen molar-refractivity contribution in [2.75, 3.05) is 5.32 Å². The SMILES string of the molecule is Cc1cccc(NC(=O)Cn2cc(Cl)c([N+](=O)[O-])n2)c1. The Kier molecular flexibility index (Phi) is 3.99. The average Bonchev–Trinajstić information content (AvgIpc) is 2.70. The van der Waals surface area contributed by atoms with E-state index in [9.17, 15) is 14.9 Å². The second kappa shape index (κ2) is 5.70. The number of amides is 1. The molecule has 2 rings (SSSR count). The van der Waals surface area contributed by atoms with Crippen LogP contribution in [0.3, 0.4) is 0 Å². The van der Waals surface area contributed by atoms with Gasteiger partial charge in [-0.25, -0.2) is 0 Å². The fraction of sp³-hybridized carbons (Fsp3) is 0.167. The van der Waals surface area contributed by atoms with Gasteiger partial charge >= 0.3 is 5.82 Å². The van der Waals surface area contributed by atoms with Crippen LogP contribution in [0.25, 0.3) is 0 Å². The van der Waals surface area contributed by atoms with Crippen molar-refractivity contribution < 1.29 is 9.72 Å². The van der Waals surface area contributed by atoms with E-state index in [1.807, 2.05) is 25.1 Å². The van der Waals surface area contributed by atoms with Gasteiger partial charge in [0, 0.05) is 5.69 Å². The third-order valence-corrected chi connectivity index (χ3v) is 2.75. The molecule has 1 amide bonds. The normalized spacial score (nSPS) is 10.3. The summed E-state index contributed by atoms with van der Waals surface area (Å²) in [5, 5.41) is 16.8. The van der Waals surface area contributed by atoms with E-state index in [0.29, 0.717) is 5.69 Å². The van der Waals surface area contributed by atoms with Crippen LogP contribution >= 0.6 is 11.6 Å². The molecule has 0 aliphatic rings. The van der Waals surface area contributed by atoms with Gasteiger partial charge in [-0.15, -0.1) is 0 Å². The maximum atomic E-state index is 11.8. The molecule has 1 heterocycles. The van der Waals surface area contributed by atoms with E-state index < -0.39 is 10.7 Å². The topological polar surface area (TPSA) is 90.1 Å². The molecule has 7 nitrogen and oxygen atoms in total. The van der Waals surface area contributed by atoms with Crippen LogP contribution in [0.4, 0.5) is 11.5 Å². The largest absolute Gasteiger partial charge is 0.408 e. The number of hydrogen-bond acceptors (Lipinski definition) is 4. The van der Waals surface area contributed by atoms with Crippen molar-refractivity contribution in [1.29, 1.82) is 0 Å². The highest BCUT2D eigenvalue weighted by atomic mass is 35.5. The maximum Gasteiger partial charge on any atom is 0.408 e. The molecular formula is C12H11ClN4O3. The number of nitro groups is 1. The summed E-state index contributed by atoms with van der Waals surface area (Å²) in [4.78, 5) is 21.7. The van der Waals surface area contributed by atoms with Gasteiger partial charge in [0.2, 0.25) is 5.91 Å². The van der Waals surface area contributed by atoms with Gasteiger partial charge in [-0.2, -0.15) is 4.68 Å². The minimum absolute atomic E-state index is 0.0987. The maximum absolute atomic E-state index is 11.8. The van der Waals surface area contributed by atoms with Crippen LogP contribution in [-0.2, 0) is 11.3 Å². The zero-order valence-corrected chi connectivity index (χ0v) is 11.3. The standard InChI is InChI=1S/C12H11ClN4O3/c1-8-3-2-4-9(5-8)14-11(18)7-16-6-10(13)12(15-16)17(19)20/h2-6H,7H2,1H3,(H,14,18). The van der Waals surface area contributed by atoms with Crippen LogP contribution in [0.1, 0.15) is 5.56 Å². The van der Waals surface area contributed by atoms with E-state index in [0.717, 1.165) is 10.2 Å². The van der Waals surface area contributed by atoms with E-state index in [2.05, 4.69) is 10.4 Å². The van der Waals surface area contributed by atoms with Gasteiger partial charge in [0.05, 0.1) is 11.3 Å². The first-order chi connectivity index (χ1) is 9.45. The Bertz CT molecular complexity index is 668. The summed E-state index contributed by atoms with van der Waals surface area (Å²) in [6.45, 7) is 1.76. The summed E-state index contributed by atoms with van der Waals surface area (Å²) < 4.78 is 1.13. The Labute approximate surface area is 119 Å². The van der Waals surface area contributed by atoms with Gasteiger partial charge in [0.25, 0.3) is 0 Å². The summed E-state index contributed by atoms with van der Waals surface area (Å²) >= 11 is 5.65. The van der Waals surface area contributed by atoms with Gasteiger partial charge in [-0.3, -0.25) is 4.79 Å². The predicted molar refractivity (Wildman–Crippen MR) is 73.7 cm³/mol. The Morgan fingerprint density at radius 1 is 1.55 bits per heavy atom. The molecule has 0 unspecified atom stereocenters. The minimum atomic E-state index is -0.697. The third-order valence-electron chi connectivity index (χ3n) is 2.48. The molecule has 8 heteroatoms. The molecule has 2 aromatic rings. The summed E-state index contributed by atoms with van der Waals surface area (Å²) in [5.74, 6) is -0.806. The second-order valence-corrected chi connectivity index (χ2v) is 4.58. The first kappa shape index (κ1) is 14.0. The third kappa shape index (κ3) is 3.33. The van der Waals surface area contributed by atoms with E-state index in [1.54, 1.807) is 6.07 Å². The number of halogens is 1. The zero-order valence-electron chi connectivity index (χ0n) is 10.5. The van der Waals surface area contributed by atoms with Crippen LogP contribution in [0.2, 0.25) is 5.02 Å². The highest BCUT2D eigenvalue weighted by Gasteiger charge is 2.20. The number of aromatic nitrogens is 2. The lowest BCUT2D eigenvalue weighted by atomic mass is 10.2. The number of carbonyl (C=O) groups excluding carboxylic acids is 1. The molecular weight excluding hydrogens is 284 g/mol. The van der Waals surface area contributed by atoms with Crippen LogP contribution in [-0.4, -0.2) is 20.6 Å². The number of hydrogen-bond donors (Lipinski definition) is 1. The van der Waals surface area contributed by atoms with Crippen LogP contribution in [0, 0.1) is 17.0 Å². The molecule has 0 fully saturated rings. The number of aryl methyl sites for hydroxylation is 1. The van der Waals surface area contributed by atoms with Crippen molar-refractivity contribution >= 4 is 29.0 Å². The molecule has 0 aliphatic carbocycles. The van der Waals surface area contributed by atoms with E-state index in [1.165, 1.54) is 6.20 Å². The van der Waals surface area contributed by atoms with E-state index in [-0.39, 0.29) is 17.5 Å². The molecule has 1 aromatic carbocycles. The average molecular weight is 295 g/mol. The Hall–Kier alpha value is -2.41. The number of rotatable bonds is 4. The van der Waals surface area contributed by atoms with E-state index >= 15 is 0 Å². The molecule has 20 heavy (non-hydrogen) atoms. The molecule has 1 N–H and O–H groups in total. The first-order valence-corrected chi connectivity index (χ1v) is 6.07. The summed E-state index contributed by atoms with van der Waals surface area (Å²) in [6.07, 6.45) is 1.25. The van der Waals surface area contributed by atoms with E-state index in [4.69, 9.17) is 11.6 Å². The molecule has 0 atom stereocenters. The first-order valence-electron chi connectivity index (χ1n) is 5.69. The fourth-order valence-electron chi connectivity index (χ4n) is 1.66. The molecule has 1 aromatic heterocycles. The summed E-state index contributed by atoms with van der Waals surface area (Å²) in [7, 11) is 0. The van der Waals surface area contributed by atoms with Gasteiger partial charge in [-0.1, -0.05) is 23.7 Å². The Morgan fingerprint density at radius 2 is 2.30 bits per heavy atom. The quantitative estimate of drug-likeness (QED) is 0.692. The molecule has 0 saturated heterocycles. The fourth-order valence-corrected chi connectivity index (χ4v) is 1.88. The lowest BCUT2D eigenvalue weighted by Gasteiger charge is -2.04. The molecule has 0 radical (unpaired) electrons. The van der Waals surface area contributed by atoms with Crippen molar-refractivity contribution in [2.45, 2.75) is 13.5 Å². The van der Waals surface area contributed by atoms with Crippen LogP contribution in [0.15, 0.2) is 30.5 Å². The van der Waals surface area contributed by atoms with Crippen molar-refractivity contribution in [1.82, 2.24) is 9.78 Å². The number of nitrogens with zero attached hydrogens (tertiary/aromatic N) is 3. The number of nitrogens with one attached hydrogen (secondary N) is 1. The van der Waals surface area contributed by atoms with Gasteiger partial charge < -0.3 is 15.4 Å². The van der Waals surface area contributed by atoms with Gasteiger partial charge in [0.15, 0.2) is 5.02 Å². The second-order valence-electron chi connectivity index (χ2n) is 4.17. The summed E-state index contributed by atoms with van der Waals surface area (Å²) in [5.41, 5.74) is 1.67. The highest BCUT2D eigenvalue weighted by Crippen LogP contribution is 2.21. The molecule has 0 saturated carbocycles. The zero-order chi connectivity index (χ0) is 14.7. The van der Waals surface area contributed by atoms with Crippen LogP contribution < -0.4 is 5.32 Å². The predicted octanol–water partition coefficient (Wildman–Crippen LogP) is 2.39. The Balaban J connectivity index is 2.05. The molecule has 0 aliphatic heterocycles. The lowest BCUT2D eigenvalue weighted by molar-refractivity contribution is -0.389. The number of anilines is 1. The monoisotopic (exact) mass is 294 g/mol. The van der Waals surface area contributed by atoms with Crippen molar-refractivity contribution in [3.63, 3.8) is 0 Å². The molecule has 0 bridgehead atoms. The van der Waals surface area contributed by atoms with Crippen molar-refractivity contribution in [3.8, 4) is 0 Å². The lowest BCUT2D eigenvalue weighted by Crippen LogP contribution is -2.19. The number of benzene rings is 1. The number of carbonyl (C=O) groups is 1. The molecule has 104 valence electrons. The van der Waals surface area contributed by atoms with Gasteiger partial charge in [-0.05, 0) is 29.5 Å². The molecule has 0 spiro atoms. The summed E-state index contributed by atoms with van der Waals surface area (Å²) in [6, 6.07) is 7.30. The van der Waals surface area contributed by atoms with Crippen molar-refractivity contribution in [2.24, 2.45) is 0 Å². The van der Waals surface area contributed by atoms with Crippen LogP contribution in [0.5, 0.6) is 0 Å². The van der Waals surface area contributed by atoms with Gasteiger partial charge in [0.1, 0.15) is 6.54 Å².